The van der Waals surface area contributed by atoms with Crippen molar-refractivity contribution in [2.75, 3.05) is 32.0 Å². The molecule has 0 atom stereocenters. The minimum absolute atomic E-state index is 0.0981. The molecule has 0 spiro atoms. The van der Waals surface area contributed by atoms with Crippen LogP contribution >= 0.6 is 0 Å². The monoisotopic (exact) mass is 358 g/mol. The van der Waals surface area contributed by atoms with Gasteiger partial charge < -0.3 is 24.8 Å². The van der Waals surface area contributed by atoms with E-state index in [1.807, 2.05) is 0 Å². The van der Waals surface area contributed by atoms with Crippen molar-refractivity contribution in [2.45, 2.75) is 0 Å². The van der Waals surface area contributed by atoms with Gasteiger partial charge in [0.15, 0.2) is 0 Å². The van der Waals surface area contributed by atoms with Crippen molar-refractivity contribution in [3.63, 3.8) is 0 Å². The summed E-state index contributed by atoms with van der Waals surface area (Å²) in [5.74, 6) is -0.679. The molecule has 0 aromatic heterocycles. The summed E-state index contributed by atoms with van der Waals surface area (Å²) in [6, 6.07) is 10.3. The fraction of sp³-hybridized carbons (Fsp3) is 0.167. The molecule has 8 nitrogen and oxygen atoms in total. The molecule has 0 bridgehead atoms. The van der Waals surface area contributed by atoms with Crippen molar-refractivity contribution < 1.29 is 28.6 Å². The fourth-order valence-electron chi connectivity index (χ4n) is 2.17. The molecule has 136 valence electrons. The molecule has 2 amide bonds. The standard InChI is InChI=1S/C18H18N2O6/c1-24-13-6-4-5-12(10-13)19-18(23)20-15-9-11(16(21)25-2)7-8-14(15)17(22)26-3/h4-10H,1-3H3,(H2,19,20,23). The molecular weight excluding hydrogens is 340 g/mol. The van der Waals surface area contributed by atoms with Crippen molar-refractivity contribution in [3.8, 4) is 5.75 Å². The van der Waals surface area contributed by atoms with Gasteiger partial charge in [0.1, 0.15) is 5.75 Å². The van der Waals surface area contributed by atoms with Gasteiger partial charge in [-0.05, 0) is 30.3 Å². The molecule has 2 aromatic rings. The molecule has 0 aliphatic rings. The van der Waals surface area contributed by atoms with Crippen LogP contribution in [0.1, 0.15) is 20.7 Å². The SMILES string of the molecule is COC(=O)c1ccc(C(=O)OC)c(NC(=O)Nc2cccc(OC)c2)c1. The molecule has 2 aromatic carbocycles. The number of methoxy groups -OCH3 is 3. The van der Waals surface area contributed by atoms with Crippen LogP contribution in [-0.4, -0.2) is 39.3 Å². The number of ether oxygens (including phenoxy) is 3. The summed E-state index contributed by atoms with van der Waals surface area (Å²) in [5, 5.41) is 5.15. The zero-order chi connectivity index (χ0) is 19.1. The molecule has 0 saturated heterocycles. The summed E-state index contributed by atoms with van der Waals surface area (Å²) >= 11 is 0. The van der Waals surface area contributed by atoms with Crippen LogP contribution in [0.25, 0.3) is 0 Å². The van der Waals surface area contributed by atoms with Gasteiger partial charge in [0.05, 0.1) is 38.1 Å². The van der Waals surface area contributed by atoms with E-state index in [1.54, 1.807) is 24.3 Å². The predicted molar refractivity (Wildman–Crippen MR) is 94.8 cm³/mol. The minimum Gasteiger partial charge on any atom is -0.497 e. The number of hydrogen-bond donors (Lipinski definition) is 2. The van der Waals surface area contributed by atoms with Gasteiger partial charge in [-0.1, -0.05) is 6.07 Å². The second-order valence-electron chi connectivity index (χ2n) is 5.05. The Morgan fingerprint density at radius 3 is 2.23 bits per heavy atom. The Morgan fingerprint density at radius 1 is 0.846 bits per heavy atom. The Morgan fingerprint density at radius 2 is 1.58 bits per heavy atom. The second-order valence-corrected chi connectivity index (χ2v) is 5.05. The molecule has 0 aliphatic carbocycles. The van der Waals surface area contributed by atoms with E-state index in [9.17, 15) is 14.4 Å². The Bertz CT molecular complexity index is 834. The van der Waals surface area contributed by atoms with E-state index in [0.29, 0.717) is 11.4 Å². The molecule has 0 heterocycles. The quantitative estimate of drug-likeness (QED) is 0.797. The summed E-state index contributed by atoms with van der Waals surface area (Å²) in [7, 11) is 3.97. The van der Waals surface area contributed by atoms with Crippen LogP contribution in [0.2, 0.25) is 0 Å². The van der Waals surface area contributed by atoms with Crippen LogP contribution < -0.4 is 15.4 Å². The summed E-state index contributed by atoms with van der Waals surface area (Å²) < 4.78 is 14.4. The van der Waals surface area contributed by atoms with Crippen molar-refractivity contribution in [1.82, 2.24) is 0 Å². The Balaban J connectivity index is 2.25. The van der Waals surface area contributed by atoms with Crippen LogP contribution in [0, 0.1) is 0 Å². The van der Waals surface area contributed by atoms with Crippen LogP contribution in [0.15, 0.2) is 42.5 Å². The van der Waals surface area contributed by atoms with Crippen molar-refractivity contribution in [3.05, 3.63) is 53.6 Å². The molecule has 26 heavy (non-hydrogen) atoms. The van der Waals surface area contributed by atoms with Gasteiger partial charge in [0.25, 0.3) is 0 Å². The fourth-order valence-corrected chi connectivity index (χ4v) is 2.17. The molecule has 2 N–H and O–H groups in total. The van der Waals surface area contributed by atoms with Gasteiger partial charge in [-0.15, -0.1) is 0 Å². The molecule has 0 fully saturated rings. The third-order valence-electron chi connectivity index (χ3n) is 3.42. The van der Waals surface area contributed by atoms with Crippen LogP contribution in [0.5, 0.6) is 5.75 Å². The lowest BCUT2D eigenvalue weighted by molar-refractivity contribution is 0.0587. The van der Waals surface area contributed by atoms with E-state index >= 15 is 0 Å². The van der Waals surface area contributed by atoms with Crippen molar-refractivity contribution in [1.29, 1.82) is 0 Å². The van der Waals surface area contributed by atoms with E-state index in [-0.39, 0.29) is 16.8 Å². The van der Waals surface area contributed by atoms with Crippen LogP contribution in [0.3, 0.4) is 0 Å². The lowest BCUT2D eigenvalue weighted by Crippen LogP contribution is -2.21. The van der Waals surface area contributed by atoms with Gasteiger partial charge >= 0.3 is 18.0 Å². The molecule has 0 aliphatic heterocycles. The highest BCUT2D eigenvalue weighted by atomic mass is 16.5. The number of hydrogen-bond acceptors (Lipinski definition) is 6. The third kappa shape index (κ3) is 4.50. The maximum absolute atomic E-state index is 12.3. The normalized spacial score (nSPS) is 9.81. The summed E-state index contributed by atoms with van der Waals surface area (Å²) in [6.45, 7) is 0. The number of benzene rings is 2. The molecule has 0 radical (unpaired) electrons. The number of carbonyl (C=O) groups is 3. The highest BCUT2D eigenvalue weighted by Gasteiger charge is 2.17. The third-order valence-corrected chi connectivity index (χ3v) is 3.42. The zero-order valence-corrected chi connectivity index (χ0v) is 14.5. The maximum Gasteiger partial charge on any atom is 0.339 e. The van der Waals surface area contributed by atoms with Crippen molar-refractivity contribution in [2.24, 2.45) is 0 Å². The topological polar surface area (TPSA) is 103 Å². The van der Waals surface area contributed by atoms with Crippen LogP contribution in [0.4, 0.5) is 16.2 Å². The Kier molecular flexibility index (Phi) is 6.15. The van der Waals surface area contributed by atoms with E-state index in [0.717, 1.165) is 0 Å². The summed E-state index contributed by atoms with van der Waals surface area (Å²) in [5.41, 5.74) is 0.878. The molecule has 8 heteroatoms. The van der Waals surface area contributed by atoms with Gasteiger partial charge in [-0.3, -0.25) is 0 Å². The zero-order valence-electron chi connectivity index (χ0n) is 14.5. The van der Waals surface area contributed by atoms with Crippen LogP contribution in [-0.2, 0) is 9.47 Å². The minimum atomic E-state index is -0.655. The molecular formula is C18H18N2O6. The lowest BCUT2D eigenvalue weighted by Gasteiger charge is -2.12. The predicted octanol–water partition coefficient (Wildman–Crippen LogP) is 2.91. The molecule has 0 saturated carbocycles. The first-order valence-corrected chi connectivity index (χ1v) is 7.51. The number of anilines is 2. The average Bonchev–Trinajstić information content (AvgIpc) is 2.66. The van der Waals surface area contributed by atoms with Crippen molar-refractivity contribution >= 4 is 29.3 Å². The molecule has 2 rings (SSSR count). The first-order valence-electron chi connectivity index (χ1n) is 7.51. The van der Waals surface area contributed by atoms with E-state index in [2.05, 4.69) is 15.4 Å². The number of esters is 2. The summed E-state index contributed by atoms with van der Waals surface area (Å²) in [6.07, 6.45) is 0. The summed E-state index contributed by atoms with van der Waals surface area (Å²) in [4.78, 5) is 35.8. The lowest BCUT2D eigenvalue weighted by atomic mass is 10.1. The average molecular weight is 358 g/mol. The van der Waals surface area contributed by atoms with Gasteiger partial charge in [-0.2, -0.15) is 0 Å². The Hall–Kier alpha value is -3.55. The van der Waals surface area contributed by atoms with E-state index in [1.165, 1.54) is 39.5 Å². The first-order chi connectivity index (χ1) is 12.5. The van der Waals surface area contributed by atoms with Gasteiger partial charge in [0.2, 0.25) is 0 Å². The smallest absolute Gasteiger partial charge is 0.339 e. The number of urea groups is 1. The highest BCUT2D eigenvalue weighted by Crippen LogP contribution is 2.21. The first kappa shape index (κ1) is 18.8. The van der Waals surface area contributed by atoms with E-state index in [4.69, 9.17) is 9.47 Å². The largest absolute Gasteiger partial charge is 0.497 e. The maximum atomic E-state index is 12.3. The Labute approximate surface area is 150 Å². The number of rotatable bonds is 5. The molecule has 0 unspecified atom stereocenters. The second kappa shape index (κ2) is 8.52. The van der Waals surface area contributed by atoms with E-state index < -0.39 is 18.0 Å². The number of nitrogens with one attached hydrogen (secondary N) is 2. The number of carbonyl (C=O) groups excluding carboxylic acids is 3. The van der Waals surface area contributed by atoms with Gasteiger partial charge in [0, 0.05) is 11.8 Å². The highest BCUT2D eigenvalue weighted by molar-refractivity contribution is 6.06. The van der Waals surface area contributed by atoms with Gasteiger partial charge in [-0.25, -0.2) is 14.4 Å². The number of amides is 2.